The van der Waals surface area contributed by atoms with Gasteiger partial charge >= 0.3 is 6.18 Å². The Morgan fingerprint density at radius 2 is 2.12 bits per heavy atom. The van der Waals surface area contributed by atoms with Crippen LogP contribution in [0.4, 0.5) is 13.2 Å². The first-order valence-electron chi connectivity index (χ1n) is 8.46. The summed E-state index contributed by atoms with van der Waals surface area (Å²) in [4.78, 5) is 12.5. The predicted molar refractivity (Wildman–Crippen MR) is 88.8 cm³/mol. The molecule has 0 bridgehead atoms. The lowest BCUT2D eigenvalue weighted by atomic mass is 9.74. The van der Waals surface area contributed by atoms with Crippen molar-refractivity contribution < 1.29 is 23.1 Å². The molecule has 1 fully saturated rings. The molecule has 2 rings (SSSR count). The van der Waals surface area contributed by atoms with E-state index in [1.807, 2.05) is 13.8 Å². The molecule has 7 heteroatoms. The fourth-order valence-electron chi connectivity index (χ4n) is 3.11. The Morgan fingerprint density at radius 3 is 2.72 bits per heavy atom. The maximum Gasteiger partial charge on any atom is 0.416 e. The molecule has 0 aliphatic carbocycles. The predicted octanol–water partition coefficient (Wildman–Crippen LogP) is 2.88. The summed E-state index contributed by atoms with van der Waals surface area (Å²) in [7, 11) is 0. The molecule has 1 heterocycles. The van der Waals surface area contributed by atoms with Crippen molar-refractivity contribution in [2.45, 2.75) is 39.0 Å². The number of aliphatic hydroxyl groups excluding tert-OH is 1. The number of piperidine rings is 1. The third-order valence-corrected chi connectivity index (χ3v) is 4.96. The van der Waals surface area contributed by atoms with E-state index in [1.165, 1.54) is 12.1 Å². The van der Waals surface area contributed by atoms with Crippen LogP contribution in [0.25, 0.3) is 0 Å². The molecule has 0 aromatic heterocycles. The van der Waals surface area contributed by atoms with E-state index in [0.717, 1.165) is 38.1 Å². The summed E-state index contributed by atoms with van der Waals surface area (Å²) >= 11 is 0. The number of carbonyl (C=O) groups excluding carboxylic acids is 1. The van der Waals surface area contributed by atoms with Gasteiger partial charge in [-0.05, 0) is 49.5 Å². The first-order valence-corrected chi connectivity index (χ1v) is 8.46. The van der Waals surface area contributed by atoms with Gasteiger partial charge in [-0.15, -0.1) is 0 Å². The smallest absolute Gasteiger partial charge is 0.387 e. The zero-order valence-electron chi connectivity index (χ0n) is 14.5. The first-order chi connectivity index (χ1) is 11.6. The lowest BCUT2D eigenvalue weighted by molar-refractivity contribution is -0.137. The van der Waals surface area contributed by atoms with Crippen molar-refractivity contribution in [3.05, 3.63) is 35.4 Å². The minimum absolute atomic E-state index is 0.121. The van der Waals surface area contributed by atoms with Crippen molar-refractivity contribution in [1.29, 1.82) is 0 Å². The lowest BCUT2D eigenvalue weighted by Crippen LogP contribution is -2.48. The van der Waals surface area contributed by atoms with Gasteiger partial charge in [0.05, 0.1) is 11.7 Å². The second-order valence-electron chi connectivity index (χ2n) is 7.11. The lowest BCUT2D eigenvalue weighted by Gasteiger charge is -2.36. The van der Waals surface area contributed by atoms with Gasteiger partial charge in [0.1, 0.15) is 0 Å². The van der Waals surface area contributed by atoms with Crippen LogP contribution in [0.5, 0.6) is 0 Å². The molecule has 3 N–H and O–H groups in total. The number of benzene rings is 1. The van der Waals surface area contributed by atoms with E-state index in [4.69, 9.17) is 0 Å². The molecule has 4 nitrogen and oxygen atoms in total. The number of halogens is 3. The number of amides is 1. The Kier molecular flexibility index (Phi) is 6.11. The highest BCUT2D eigenvalue weighted by Crippen LogP contribution is 2.33. The van der Waals surface area contributed by atoms with Crippen molar-refractivity contribution in [3.63, 3.8) is 0 Å². The van der Waals surface area contributed by atoms with Crippen LogP contribution in [-0.2, 0) is 11.0 Å². The van der Waals surface area contributed by atoms with Crippen LogP contribution < -0.4 is 10.6 Å². The van der Waals surface area contributed by atoms with Crippen molar-refractivity contribution in [2.24, 2.45) is 11.3 Å². The minimum atomic E-state index is -4.46. The maximum atomic E-state index is 12.8. The second-order valence-corrected chi connectivity index (χ2v) is 7.11. The number of alkyl halides is 3. The molecular weight excluding hydrogens is 333 g/mol. The summed E-state index contributed by atoms with van der Waals surface area (Å²) in [5, 5.41) is 16.1. The van der Waals surface area contributed by atoms with Crippen LogP contribution in [0, 0.1) is 11.3 Å². The summed E-state index contributed by atoms with van der Waals surface area (Å²) in [6, 6.07) is 4.53. The van der Waals surface area contributed by atoms with E-state index < -0.39 is 23.3 Å². The topological polar surface area (TPSA) is 61.4 Å². The molecule has 0 spiro atoms. The summed E-state index contributed by atoms with van der Waals surface area (Å²) in [5.74, 6) is -0.0147. The van der Waals surface area contributed by atoms with Gasteiger partial charge in [0.25, 0.3) is 0 Å². The van der Waals surface area contributed by atoms with Crippen molar-refractivity contribution in [2.75, 3.05) is 19.6 Å². The number of hydrogen-bond donors (Lipinski definition) is 3. The van der Waals surface area contributed by atoms with Crippen molar-refractivity contribution >= 4 is 5.91 Å². The van der Waals surface area contributed by atoms with Gasteiger partial charge in [-0.25, -0.2) is 0 Å². The molecule has 1 saturated heterocycles. The summed E-state index contributed by atoms with van der Waals surface area (Å²) in [5.41, 5.74) is -1.29. The normalized spacial score (nSPS) is 20.2. The van der Waals surface area contributed by atoms with E-state index >= 15 is 0 Å². The van der Waals surface area contributed by atoms with Gasteiger partial charge in [-0.2, -0.15) is 13.2 Å². The van der Waals surface area contributed by atoms with E-state index in [-0.39, 0.29) is 23.9 Å². The van der Waals surface area contributed by atoms with Gasteiger partial charge in [0.15, 0.2) is 0 Å². The van der Waals surface area contributed by atoms with Crippen molar-refractivity contribution in [1.82, 2.24) is 10.6 Å². The zero-order valence-corrected chi connectivity index (χ0v) is 14.5. The highest BCUT2D eigenvalue weighted by Gasteiger charge is 2.37. The molecule has 0 saturated carbocycles. The first kappa shape index (κ1) is 19.7. The molecule has 2 atom stereocenters. The highest BCUT2D eigenvalue weighted by atomic mass is 19.4. The highest BCUT2D eigenvalue weighted by molar-refractivity contribution is 5.82. The molecule has 1 aliphatic heterocycles. The van der Waals surface area contributed by atoms with Crippen LogP contribution >= 0.6 is 0 Å². The number of nitrogens with one attached hydrogen (secondary N) is 2. The van der Waals surface area contributed by atoms with Gasteiger partial charge in [-0.1, -0.05) is 26.0 Å². The number of aliphatic hydroxyl groups is 1. The largest absolute Gasteiger partial charge is 0.416 e. The van der Waals surface area contributed by atoms with Crippen LogP contribution in [-0.4, -0.2) is 30.6 Å². The third-order valence-electron chi connectivity index (χ3n) is 4.96. The van der Waals surface area contributed by atoms with E-state index in [0.29, 0.717) is 0 Å². The molecule has 1 amide bonds. The Balaban J connectivity index is 1.97. The molecular formula is C18H25F3N2O2. The van der Waals surface area contributed by atoms with Crippen molar-refractivity contribution in [3.8, 4) is 0 Å². The quantitative estimate of drug-likeness (QED) is 0.759. The van der Waals surface area contributed by atoms with Crippen LogP contribution in [0.1, 0.15) is 43.9 Å². The summed E-state index contributed by atoms with van der Waals surface area (Å²) < 4.78 is 38.3. The van der Waals surface area contributed by atoms with Gasteiger partial charge in [-0.3, -0.25) is 4.79 Å². The Hall–Kier alpha value is -1.60. The van der Waals surface area contributed by atoms with Gasteiger partial charge in [0, 0.05) is 12.0 Å². The molecule has 1 aromatic rings. The van der Waals surface area contributed by atoms with Crippen LogP contribution in [0.2, 0.25) is 0 Å². The molecule has 1 aliphatic rings. The monoisotopic (exact) mass is 358 g/mol. The molecule has 140 valence electrons. The fourth-order valence-corrected chi connectivity index (χ4v) is 3.11. The third kappa shape index (κ3) is 4.95. The van der Waals surface area contributed by atoms with Crippen LogP contribution in [0.3, 0.4) is 0 Å². The standard InChI is InChI=1S/C18H25F3N2O2/c1-17(2,14-7-4-8-22-10-14)16(25)23-11-15(24)12-5-3-6-13(9-12)18(19,20)21/h3,5-6,9,14-15,22,24H,4,7-8,10-11H2,1-2H3,(H,23,25)/t14-,15+/m1/s1. The average Bonchev–Trinajstić information content (AvgIpc) is 2.59. The van der Waals surface area contributed by atoms with E-state index in [2.05, 4.69) is 10.6 Å². The molecule has 1 aromatic carbocycles. The molecule has 0 unspecified atom stereocenters. The zero-order chi connectivity index (χ0) is 18.7. The number of hydrogen-bond acceptors (Lipinski definition) is 3. The Bertz CT molecular complexity index is 596. The van der Waals surface area contributed by atoms with E-state index in [9.17, 15) is 23.1 Å². The Morgan fingerprint density at radius 1 is 1.40 bits per heavy atom. The Labute approximate surface area is 145 Å². The van der Waals surface area contributed by atoms with Gasteiger partial charge < -0.3 is 15.7 Å². The maximum absolute atomic E-state index is 12.8. The van der Waals surface area contributed by atoms with Gasteiger partial charge in [0.2, 0.25) is 5.91 Å². The fraction of sp³-hybridized carbons (Fsp3) is 0.611. The SMILES string of the molecule is CC(C)(C(=O)NC[C@H](O)c1cccc(C(F)(F)F)c1)[C@@H]1CCCNC1. The number of rotatable bonds is 5. The second kappa shape index (κ2) is 7.74. The van der Waals surface area contributed by atoms with E-state index in [1.54, 1.807) is 0 Å². The summed E-state index contributed by atoms with van der Waals surface area (Å²) in [6.07, 6.45) is -3.70. The van der Waals surface area contributed by atoms with Crippen LogP contribution in [0.15, 0.2) is 24.3 Å². The molecule has 25 heavy (non-hydrogen) atoms. The minimum Gasteiger partial charge on any atom is -0.387 e. The number of carbonyl (C=O) groups is 1. The molecule has 0 radical (unpaired) electrons. The average molecular weight is 358 g/mol. The summed E-state index contributed by atoms with van der Waals surface area (Å²) in [6.45, 7) is 5.30.